The molecule has 0 amide bonds. The van der Waals surface area contributed by atoms with E-state index in [1.54, 1.807) is 24.5 Å². The number of ether oxygens (including phenoxy) is 1. The summed E-state index contributed by atoms with van der Waals surface area (Å²) >= 11 is 0. The minimum atomic E-state index is -0.279. The van der Waals surface area contributed by atoms with Gasteiger partial charge in [-0.1, -0.05) is 78.9 Å². The van der Waals surface area contributed by atoms with E-state index >= 15 is 0 Å². The summed E-state index contributed by atoms with van der Waals surface area (Å²) in [7, 11) is 0. The number of anilines is 4. The highest BCUT2D eigenvalue weighted by Crippen LogP contribution is 2.32. The van der Waals surface area contributed by atoms with Crippen molar-refractivity contribution in [1.82, 2.24) is 29.7 Å². The van der Waals surface area contributed by atoms with Gasteiger partial charge in [0.1, 0.15) is 29.5 Å². The van der Waals surface area contributed by atoms with E-state index in [0.717, 1.165) is 67.3 Å². The number of pyridine rings is 4. The molecule has 0 bridgehead atoms. The molecule has 11 aromatic rings. The van der Waals surface area contributed by atoms with Gasteiger partial charge in [0.05, 0.1) is 29.6 Å². The van der Waals surface area contributed by atoms with Gasteiger partial charge in [-0.2, -0.15) is 5.10 Å². The Morgan fingerprint density at radius 1 is 0.571 bits per heavy atom. The highest BCUT2D eigenvalue weighted by molar-refractivity contribution is 6.12. The largest absolute Gasteiger partial charge is 0.489 e. The van der Waals surface area contributed by atoms with Crippen molar-refractivity contribution >= 4 is 77.3 Å². The number of rotatable bonds is 9. The zero-order chi connectivity index (χ0) is 42.7. The van der Waals surface area contributed by atoms with Crippen molar-refractivity contribution in [2.24, 2.45) is 0 Å². The lowest BCUT2D eigenvalue weighted by molar-refractivity contribution is 0.305. The quantitative estimate of drug-likeness (QED) is 0.105. The highest BCUT2D eigenvalue weighted by Gasteiger charge is 2.13. The first-order chi connectivity index (χ1) is 30.9. The van der Waals surface area contributed by atoms with E-state index in [2.05, 4.69) is 59.9 Å². The molecule has 0 spiro atoms. The molecule has 12 heteroatoms. The van der Waals surface area contributed by atoms with E-state index in [1.165, 1.54) is 17.7 Å². The van der Waals surface area contributed by atoms with Crippen LogP contribution in [0.1, 0.15) is 11.1 Å². The number of nitrogens with one attached hydrogen (secondary N) is 4. The molecule has 6 aromatic carbocycles. The number of aromatic amines is 2. The normalized spacial score (nSPS) is 11.2. The van der Waals surface area contributed by atoms with E-state index in [1.807, 2.05) is 120 Å². The van der Waals surface area contributed by atoms with Gasteiger partial charge in [0.25, 0.3) is 11.1 Å². The standard InChI is InChI=1S/C26H19N5O.C25H18FN3O2/c32-26-21-9-5-4-8-20(21)24-22(12-13-27-25(24)30-26)29-19-10-11-23-18(14-19)15-28-31(23)16-17-6-2-1-3-7-17;26-17-5-3-4-16(14-17)15-31-19-10-8-18(9-11-19)28-22-12-13-27-24-23(22)20-6-1-2-7-21(20)25(30)29-24/h1-15H,16H2,(H2,27,29,30,32);1-14H,15H2,(H2,27,28,29,30). The smallest absolute Gasteiger partial charge is 0.257 e. The van der Waals surface area contributed by atoms with Crippen LogP contribution in [0.15, 0.2) is 186 Å². The molecular weight excluding hydrogens is 792 g/mol. The number of hydrogen-bond acceptors (Lipinski definition) is 8. The summed E-state index contributed by atoms with van der Waals surface area (Å²) in [4.78, 5) is 39.2. The SMILES string of the molecule is O=c1[nH]c2nccc(Nc3ccc(OCc4cccc(F)c4)cc3)c2c2ccccc12.O=c1[nH]c2nccc(Nc3ccc4c(cnn4Cc4ccccc4)c3)c2c2ccccc12. The van der Waals surface area contributed by atoms with E-state index < -0.39 is 0 Å². The fraction of sp³-hybridized carbons (Fsp3) is 0.0392. The first kappa shape index (κ1) is 38.6. The Bertz CT molecular complexity index is 3570. The molecule has 63 heavy (non-hydrogen) atoms. The van der Waals surface area contributed by atoms with Crippen LogP contribution in [0.2, 0.25) is 0 Å². The van der Waals surface area contributed by atoms with Crippen LogP contribution in [-0.2, 0) is 13.2 Å². The molecule has 0 fully saturated rings. The van der Waals surface area contributed by atoms with Gasteiger partial charge in [-0.25, -0.2) is 14.4 Å². The van der Waals surface area contributed by atoms with Crippen molar-refractivity contribution in [2.45, 2.75) is 13.2 Å². The summed E-state index contributed by atoms with van der Waals surface area (Å²) in [6.45, 7) is 1.02. The van der Waals surface area contributed by atoms with Gasteiger partial charge < -0.3 is 25.3 Å². The topological polar surface area (TPSA) is 143 Å². The van der Waals surface area contributed by atoms with Gasteiger partial charge in [-0.05, 0) is 90.0 Å². The summed E-state index contributed by atoms with van der Waals surface area (Å²) in [5.74, 6) is 0.406. The van der Waals surface area contributed by atoms with Gasteiger partial charge in [-0.15, -0.1) is 0 Å². The molecule has 5 aromatic heterocycles. The number of fused-ring (bicyclic) bond motifs is 7. The van der Waals surface area contributed by atoms with Crippen molar-refractivity contribution in [2.75, 3.05) is 10.6 Å². The molecule has 0 atom stereocenters. The van der Waals surface area contributed by atoms with E-state index in [0.29, 0.717) is 34.4 Å². The van der Waals surface area contributed by atoms with Crippen LogP contribution in [0.3, 0.4) is 0 Å². The van der Waals surface area contributed by atoms with Crippen molar-refractivity contribution in [1.29, 1.82) is 0 Å². The summed E-state index contributed by atoms with van der Waals surface area (Å²) in [6, 6.07) is 49.2. The Labute approximate surface area is 358 Å². The summed E-state index contributed by atoms with van der Waals surface area (Å²) < 4.78 is 21.1. The first-order valence-electron chi connectivity index (χ1n) is 20.2. The van der Waals surface area contributed by atoms with Crippen LogP contribution in [0.4, 0.5) is 27.1 Å². The molecule has 0 saturated carbocycles. The van der Waals surface area contributed by atoms with E-state index in [-0.39, 0.29) is 16.9 Å². The van der Waals surface area contributed by atoms with Crippen LogP contribution < -0.4 is 26.5 Å². The van der Waals surface area contributed by atoms with Gasteiger partial charge in [0.15, 0.2) is 0 Å². The average molecular weight is 829 g/mol. The molecular formula is C51H37FN8O3. The number of benzene rings is 6. The fourth-order valence-electron chi connectivity index (χ4n) is 7.80. The minimum Gasteiger partial charge on any atom is -0.489 e. The highest BCUT2D eigenvalue weighted by atomic mass is 19.1. The zero-order valence-corrected chi connectivity index (χ0v) is 33.5. The zero-order valence-electron chi connectivity index (χ0n) is 33.5. The second-order valence-electron chi connectivity index (χ2n) is 14.9. The molecule has 0 aliphatic carbocycles. The van der Waals surface area contributed by atoms with Crippen LogP contribution >= 0.6 is 0 Å². The predicted octanol–water partition coefficient (Wildman–Crippen LogP) is 10.8. The maximum Gasteiger partial charge on any atom is 0.257 e. The van der Waals surface area contributed by atoms with Crippen molar-refractivity contribution in [3.05, 3.63) is 214 Å². The molecule has 0 radical (unpaired) electrons. The second kappa shape index (κ2) is 16.8. The lowest BCUT2D eigenvalue weighted by Gasteiger charge is -2.12. The molecule has 0 aliphatic rings. The molecule has 306 valence electrons. The van der Waals surface area contributed by atoms with Gasteiger partial charge in [0, 0.05) is 61.5 Å². The molecule has 11 rings (SSSR count). The number of halogens is 1. The van der Waals surface area contributed by atoms with Crippen molar-refractivity contribution in [3.8, 4) is 5.75 Å². The first-order valence-corrected chi connectivity index (χ1v) is 20.2. The third-order valence-electron chi connectivity index (χ3n) is 10.8. The lowest BCUT2D eigenvalue weighted by Crippen LogP contribution is -2.08. The van der Waals surface area contributed by atoms with Crippen LogP contribution in [0, 0.1) is 5.82 Å². The number of nitrogens with zero attached hydrogens (tertiary/aromatic N) is 4. The molecule has 0 unspecified atom stereocenters. The Morgan fingerprint density at radius 2 is 1.14 bits per heavy atom. The Hall–Kier alpha value is -8.64. The van der Waals surface area contributed by atoms with Crippen LogP contribution in [0.25, 0.3) is 54.5 Å². The number of H-pyrrole nitrogens is 2. The molecule has 0 aliphatic heterocycles. The second-order valence-corrected chi connectivity index (χ2v) is 14.9. The molecule has 4 N–H and O–H groups in total. The number of hydrogen-bond donors (Lipinski definition) is 4. The Kier molecular flexibility index (Phi) is 10.3. The third kappa shape index (κ3) is 8.03. The third-order valence-corrected chi connectivity index (χ3v) is 10.8. The summed E-state index contributed by atoms with van der Waals surface area (Å²) in [5.41, 5.74) is 7.39. The molecule has 0 saturated heterocycles. The van der Waals surface area contributed by atoms with E-state index in [9.17, 15) is 14.0 Å². The molecule has 5 heterocycles. The van der Waals surface area contributed by atoms with Crippen LogP contribution in [0.5, 0.6) is 5.75 Å². The predicted molar refractivity (Wildman–Crippen MR) is 249 cm³/mol. The average Bonchev–Trinajstić information content (AvgIpc) is 3.71. The van der Waals surface area contributed by atoms with Gasteiger partial charge >= 0.3 is 0 Å². The monoisotopic (exact) mass is 828 g/mol. The lowest BCUT2D eigenvalue weighted by atomic mass is 10.1. The van der Waals surface area contributed by atoms with Crippen molar-refractivity contribution < 1.29 is 9.13 Å². The fourth-order valence-corrected chi connectivity index (χ4v) is 7.80. The minimum absolute atomic E-state index is 0.134. The van der Waals surface area contributed by atoms with Gasteiger partial charge in [-0.3, -0.25) is 14.3 Å². The Morgan fingerprint density at radius 3 is 1.78 bits per heavy atom. The summed E-state index contributed by atoms with van der Waals surface area (Å²) in [6.07, 6.45) is 5.25. The van der Waals surface area contributed by atoms with Crippen molar-refractivity contribution in [3.63, 3.8) is 0 Å². The Balaban J connectivity index is 0.000000150. The maximum absolute atomic E-state index is 13.3. The van der Waals surface area contributed by atoms with Crippen LogP contribution in [-0.4, -0.2) is 29.7 Å². The van der Waals surface area contributed by atoms with Gasteiger partial charge in [0.2, 0.25) is 0 Å². The summed E-state index contributed by atoms with van der Waals surface area (Å²) in [5, 5.41) is 17.3. The number of aromatic nitrogens is 6. The van der Waals surface area contributed by atoms with E-state index in [4.69, 9.17) is 4.74 Å². The molecule has 11 nitrogen and oxygen atoms in total. The maximum atomic E-state index is 13.3.